The average Bonchev–Trinajstić information content (AvgIpc) is 2.92. The molecule has 5 nitrogen and oxygen atoms in total. The smallest absolute Gasteiger partial charge is 0.246 e. The Bertz CT molecular complexity index is 1390. The molecule has 0 unspecified atom stereocenters. The lowest BCUT2D eigenvalue weighted by molar-refractivity contribution is -0.126. The number of hydrogen-bond acceptors (Lipinski definition) is 4. The molecule has 182 valence electrons. The van der Waals surface area contributed by atoms with Crippen molar-refractivity contribution in [2.24, 2.45) is 0 Å². The van der Waals surface area contributed by atoms with Crippen molar-refractivity contribution in [3.8, 4) is 5.75 Å². The number of carbonyl (C=O) groups is 1. The van der Waals surface area contributed by atoms with Crippen molar-refractivity contribution < 1.29 is 9.53 Å². The minimum atomic E-state index is 0.0244. The number of ether oxygens (including phenoxy) is 1. The van der Waals surface area contributed by atoms with Crippen LogP contribution < -0.4 is 9.64 Å². The third kappa shape index (κ3) is 5.52. The first kappa shape index (κ1) is 23.9. The van der Waals surface area contributed by atoms with Crippen LogP contribution in [0.25, 0.3) is 17.0 Å². The van der Waals surface area contributed by atoms with Gasteiger partial charge in [-0.25, -0.2) is 4.98 Å². The topological polar surface area (TPSA) is 45.7 Å². The maximum absolute atomic E-state index is 12.8. The molecule has 1 aliphatic rings. The summed E-state index contributed by atoms with van der Waals surface area (Å²) < 4.78 is 5.83. The Morgan fingerprint density at radius 2 is 1.69 bits per heavy atom. The molecule has 6 heteroatoms. The number of para-hydroxylation sites is 1. The lowest BCUT2D eigenvalue weighted by Crippen LogP contribution is -2.48. The minimum Gasteiger partial charge on any atom is -0.489 e. The van der Waals surface area contributed by atoms with Gasteiger partial charge in [-0.2, -0.15) is 0 Å². The molecule has 3 aromatic carbocycles. The number of anilines is 1. The van der Waals surface area contributed by atoms with Gasteiger partial charge in [0.25, 0.3) is 0 Å². The molecule has 0 aliphatic carbocycles. The van der Waals surface area contributed by atoms with Gasteiger partial charge in [0.05, 0.1) is 5.52 Å². The van der Waals surface area contributed by atoms with E-state index >= 15 is 0 Å². The van der Waals surface area contributed by atoms with E-state index in [-0.39, 0.29) is 5.91 Å². The Morgan fingerprint density at radius 1 is 0.972 bits per heavy atom. The highest BCUT2D eigenvalue weighted by Crippen LogP contribution is 2.23. The number of aryl methyl sites for hydroxylation is 1. The highest BCUT2D eigenvalue weighted by atomic mass is 35.5. The van der Waals surface area contributed by atoms with E-state index in [1.54, 1.807) is 6.08 Å². The van der Waals surface area contributed by atoms with E-state index in [1.807, 2.05) is 77.7 Å². The van der Waals surface area contributed by atoms with Gasteiger partial charge >= 0.3 is 0 Å². The molecule has 0 saturated carbocycles. The quantitative estimate of drug-likeness (QED) is 0.300. The van der Waals surface area contributed by atoms with Crippen LogP contribution in [-0.4, -0.2) is 42.0 Å². The second kappa shape index (κ2) is 10.8. The number of carbonyl (C=O) groups excluding carboxylic acids is 1. The van der Waals surface area contributed by atoms with Crippen LogP contribution >= 0.6 is 11.6 Å². The summed E-state index contributed by atoms with van der Waals surface area (Å²) in [6.07, 6.45) is 3.49. The van der Waals surface area contributed by atoms with Gasteiger partial charge in [0.2, 0.25) is 5.91 Å². The van der Waals surface area contributed by atoms with Crippen LogP contribution in [0, 0.1) is 6.92 Å². The van der Waals surface area contributed by atoms with E-state index in [2.05, 4.69) is 24.0 Å². The van der Waals surface area contributed by atoms with Crippen LogP contribution in [0.15, 0.2) is 84.9 Å². The van der Waals surface area contributed by atoms with Crippen LogP contribution in [0.4, 0.5) is 5.82 Å². The van der Waals surface area contributed by atoms with E-state index in [9.17, 15) is 4.79 Å². The molecule has 4 aromatic rings. The van der Waals surface area contributed by atoms with Crippen molar-refractivity contribution in [1.82, 2.24) is 9.88 Å². The molecular weight excluding hydrogens is 470 g/mol. The van der Waals surface area contributed by atoms with E-state index in [1.165, 1.54) is 10.9 Å². The molecule has 0 bridgehead atoms. The molecular formula is C30H28ClN3O2. The number of rotatable bonds is 6. The van der Waals surface area contributed by atoms with Crippen molar-refractivity contribution >= 4 is 40.3 Å². The van der Waals surface area contributed by atoms with Crippen LogP contribution in [0.2, 0.25) is 5.02 Å². The molecule has 5 rings (SSSR count). The summed E-state index contributed by atoms with van der Waals surface area (Å²) in [5, 5.41) is 1.88. The summed E-state index contributed by atoms with van der Waals surface area (Å²) in [7, 11) is 0. The van der Waals surface area contributed by atoms with Gasteiger partial charge in [-0.05, 0) is 54.5 Å². The van der Waals surface area contributed by atoms with Crippen molar-refractivity contribution in [3.05, 3.63) is 107 Å². The molecule has 1 aromatic heterocycles. The van der Waals surface area contributed by atoms with E-state index in [0.717, 1.165) is 41.3 Å². The summed E-state index contributed by atoms with van der Waals surface area (Å²) in [6.45, 7) is 5.41. The second-order valence-electron chi connectivity index (χ2n) is 8.91. The number of piperazine rings is 1. The number of halogens is 1. The first-order valence-corrected chi connectivity index (χ1v) is 12.5. The largest absolute Gasteiger partial charge is 0.489 e. The summed E-state index contributed by atoms with van der Waals surface area (Å²) >= 11 is 6.19. The molecule has 2 heterocycles. The van der Waals surface area contributed by atoms with Crippen molar-refractivity contribution in [1.29, 1.82) is 0 Å². The van der Waals surface area contributed by atoms with Gasteiger partial charge in [-0.1, -0.05) is 60.1 Å². The first-order chi connectivity index (χ1) is 17.6. The fraction of sp³-hybridized carbons (Fsp3) is 0.200. The lowest BCUT2D eigenvalue weighted by Gasteiger charge is -2.35. The fourth-order valence-electron chi connectivity index (χ4n) is 4.37. The first-order valence-electron chi connectivity index (χ1n) is 12.1. The number of hydrogen-bond donors (Lipinski definition) is 0. The number of fused-ring (bicyclic) bond motifs is 1. The molecule has 1 amide bonds. The molecule has 0 radical (unpaired) electrons. The number of aromatic nitrogens is 1. The molecule has 0 atom stereocenters. The van der Waals surface area contributed by atoms with Gasteiger partial charge in [-0.3, -0.25) is 4.79 Å². The Morgan fingerprint density at radius 3 is 2.47 bits per heavy atom. The second-order valence-corrected chi connectivity index (χ2v) is 9.32. The SMILES string of the molecule is Cc1cc(N2CCN(C(=O)/C=C/c3ccc(OCc4ccccc4Cl)cc3)CC2)nc2ccccc12. The maximum Gasteiger partial charge on any atom is 0.246 e. The summed E-state index contributed by atoms with van der Waals surface area (Å²) in [5.74, 6) is 1.76. The summed E-state index contributed by atoms with van der Waals surface area (Å²) in [5.41, 5.74) is 4.12. The minimum absolute atomic E-state index is 0.0244. The van der Waals surface area contributed by atoms with Crippen LogP contribution in [0.1, 0.15) is 16.7 Å². The number of amides is 1. The van der Waals surface area contributed by atoms with E-state index in [4.69, 9.17) is 21.3 Å². The highest BCUT2D eigenvalue weighted by Gasteiger charge is 2.21. The Kier molecular flexibility index (Phi) is 7.19. The predicted molar refractivity (Wildman–Crippen MR) is 147 cm³/mol. The van der Waals surface area contributed by atoms with Crippen LogP contribution in [-0.2, 0) is 11.4 Å². The third-order valence-electron chi connectivity index (χ3n) is 6.48. The Hall–Kier alpha value is -3.83. The monoisotopic (exact) mass is 497 g/mol. The van der Waals surface area contributed by atoms with Crippen molar-refractivity contribution in [3.63, 3.8) is 0 Å². The van der Waals surface area contributed by atoms with Gasteiger partial charge in [0.1, 0.15) is 18.2 Å². The standard InChI is InChI=1S/C30H28ClN3O2/c1-22-20-29(32-28-9-5-3-7-26(22)28)33-16-18-34(19-17-33)30(35)15-12-23-10-13-25(14-11-23)36-21-24-6-2-4-8-27(24)31/h2-15,20H,16-19,21H2,1H3/b15-12+. The van der Waals surface area contributed by atoms with Gasteiger partial charge in [0, 0.05) is 48.2 Å². The molecule has 36 heavy (non-hydrogen) atoms. The zero-order chi connectivity index (χ0) is 24.9. The molecule has 1 saturated heterocycles. The van der Waals surface area contributed by atoms with E-state index < -0.39 is 0 Å². The van der Waals surface area contributed by atoms with Gasteiger partial charge < -0.3 is 14.5 Å². The normalized spacial score (nSPS) is 13.9. The van der Waals surface area contributed by atoms with Gasteiger partial charge in [0.15, 0.2) is 0 Å². The van der Waals surface area contributed by atoms with E-state index in [0.29, 0.717) is 24.7 Å². The zero-order valence-electron chi connectivity index (χ0n) is 20.2. The number of pyridine rings is 1. The highest BCUT2D eigenvalue weighted by molar-refractivity contribution is 6.31. The maximum atomic E-state index is 12.8. The molecule has 0 N–H and O–H groups in total. The Labute approximate surface area is 216 Å². The molecule has 1 fully saturated rings. The fourth-order valence-corrected chi connectivity index (χ4v) is 4.56. The lowest BCUT2D eigenvalue weighted by atomic mass is 10.1. The van der Waals surface area contributed by atoms with Gasteiger partial charge in [-0.15, -0.1) is 0 Å². The summed E-state index contributed by atoms with van der Waals surface area (Å²) in [6, 6.07) is 25.7. The van der Waals surface area contributed by atoms with Crippen LogP contribution in [0.3, 0.4) is 0 Å². The predicted octanol–water partition coefficient (Wildman–Crippen LogP) is 6.14. The average molecular weight is 498 g/mol. The molecule has 0 spiro atoms. The zero-order valence-corrected chi connectivity index (χ0v) is 21.0. The van der Waals surface area contributed by atoms with Crippen molar-refractivity contribution in [2.45, 2.75) is 13.5 Å². The Balaban J connectivity index is 1.14. The summed E-state index contributed by atoms with van der Waals surface area (Å²) in [4.78, 5) is 21.8. The van der Waals surface area contributed by atoms with Crippen molar-refractivity contribution in [2.75, 3.05) is 31.1 Å². The third-order valence-corrected chi connectivity index (χ3v) is 6.84. The molecule has 1 aliphatic heterocycles. The number of benzene rings is 3. The number of nitrogens with zero attached hydrogens (tertiary/aromatic N) is 3. The van der Waals surface area contributed by atoms with Crippen LogP contribution in [0.5, 0.6) is 5.75 Å².